The number of aliphatic hydroxyl groups excluding tert-OH is 1. The Hall–Kier alpha value is -1.95. The Balaban J connectivity index is 2.73. The van der Waals surface area contributed by atoms with Crippen LogP contribution in [0, 0.1) is 0 Å². The number of nitrogens with one attached hydrogen (secondary N) is 1. The maximum atomic E-state index is 11.4. The summed E-state index contributed by atoms with van der Waals surface area (Å²) >= 11 is 0. The van der Waals surface area contributed by atoms with Crippen molar-refractivity contribution in [2.45, 2.75) is 19.4 Å². The molecule has 6 nitrogen and oxygen atoms in total. The lowest BCUT2D eigenvalue weighted by Crippen LogP contribution is -2.34. The van der Waals surface area contributed by atoms with Crippen molar-refractivity contribution in [3.63, 3.8) is 0 Å². The molecule has 1 heterocycles. The van der Waals surface area contributed by atoms with Gasteiger partial charge >= 0.3 is 5.97 Å². The lowest BCUT2D eigenvalue weighted by Gasteiger charge is -2.14. The molecule has 1 aromatic heterocycles. The molecule has 0 bridgehead atoms. The van der Waals surface area contributed by atoms with E-state index < -0.39 is 12.0 Å². The zero-order valence-corrected chi connectivity index (χ0v) is 10.3. The minimum atomic E-state index is -0.843. The van der Waals surface area contributed by atoms with Crippen LogP contribution in [-0.2, 0) is 9.53 Å². The molecule has 2 N–H and O–H groups in total. The highest BCUT2D eigenvalue weighted by Gasteiger charge is 2.17. The van der Waals surface area contributed by atoms with E-state index in [0.717, 1.165) is 0 Å². The Morgan fingerprint density at radius 2 is 2.22 bits per heavy atom. The second-order valence-corrected chi connectivity index (χ2v) is 3.61. The fraction of sp³-hybridized carbons (Fsp3) is 0.417. The first-order valence-electron chi connectivity index (χ1n) is 5.56. The number of carbonyl (C=O) groups is 2. The molecule has 0 amide bonds. The number of anilines is 1. The number of hydrogen-bond acceptors (Lipinski definition) is 6. The van der Waals surface area contributed by atoms with Gasteiger partial charge in [0, 0.05) is 6.42 Å². The molecule has 98 valence electrons. The third-order valence-electron chi connectivity index (χ3n) is 2.38. The van der Waals surface area contributed by atoms with Gasteiger partial charge in [-0.3, -0.25) is 9.78 Å². The van der Waals surface area contributed by atoms with Crippen molar-refractivity contribution >= 4 is 17.4 Å². The Kier molecular flexibility index (Phi) is 5.26. The summed E-state index contributed by atoms with van der Waals surface area (Å²) in [7, 11) is 1.24. The van der Waals surface area contributed by atoms with Gasteiger partial charge in [0.2, 0.25) is 0 Å². The molecule has 0 aromatic carbocycles. The van der Waals surface area contributed by atoms with E-state index in [1.54, 1.807) is 19.1 Å². The number of hydrogen-bond donors (Lipinski definition) is 2. The van der Waals surface area contributed by atoms with Gasteiger partial charge in [0.15, 0.2) is 5.78 Å². The van der Waals surface area contributed by atoms with Gasteiger partial charge in [-0.05, 0) is 12.1 Å². The molecular weight excluding hydrogens is 236 g/mol. The number of aromatic nitrogens is 1. The van der Waals surface area contributed by atoms with Crippen LogP contribution in [0.15, 0.2) is 18.3 Å². The standard InChI is InChI=1S/C12H16N2O4/c1-3-11(16)9-5-4-8(6-13-9)14-10(7-15)12(17)18-2/h4-6,10,14-15H,3,7H2,1-2H3. The Morgan fingerprint density at radius 3 is 2.67 bits per heavy atom. The molecule has 0 aliphatic rings. The highest BCUT2D eigenvalue weighted by molar-refractivity contribution is 5.94. The molecule has 1 rings (SSSR count). The largest absolute Gasteiger partial charge is 0.467 e. The average Bonchev–Trinajstić information content (AvgIpc) is 2.43. The van der Waals surface area contributed by atoms with Crippen molar-refractivity contribution < 1.29 is 19.4 Å². The van der Waals surface area contributed by atoms with Gasteiger partial charge < -0.3 is 15.2 Å². The number of ketones is 1. The Bertz CT molecular complexity index is 417. The molecule has 1 atom stereocenters. The fourth-order valence-electron chi connectivity index (χ4n) is 1.35. The van der Waals surface area contributed by atoms with Crippen molar-refractivity contribution in [2.24, 2.45) is 0 Å². The van der Waals surface area contributed by atoms with Crippen LogP contribution in [0.4, 0.5) is 5.69 Å². The Morgan fingerprint density at radius 1 is 1.50 bits per heavy atom. The minimum absolute atomic E-state index is 0.0479. The summed E-state index contributed by atoms with van der Waals surface area (Å²) in [5.74, 6) is -0.612. The van der Waals surface area contributed by atoms with Crippen LogP contribution < -0.4 is 5.32 Å². The van der Waals surface area contributed by atoms with Crippen molar-refractivity contribution in [1.29, 1.82) is 0 Å². The SMILES string of the molecule is CCC(=O)c1ccc(NC(CO)C(=O)OC)cn1. The Labute approximate surface area is 105 Å². The van der Waals surface area contributed by atoms with Crippen LogP contribution >= 0.6 is 0 Å². The first-order valence-corrected chi connectivity index (χ1v) is 5.56. The number of Topliss-reactive ketones (excluding diaryl/α,β-unsaturated/α-hetero) is 1. The van der Waals surface area contributed by atoms with E-state index in [-0.39, 0.29) is 12.4 Å². The lowest BCUT2D eigenvalue weighted by molar-refractivity contribution is -0.142. The fourth-order valence-corrected chi connectivity index (χ4v) is 1.35. The zero-order chi connectivity index (χ0) is 13.5. The summed E-state index contributed by atoms with van der Waals surface area (Å²) in [6, 6.07) is 2.35. The number of pyridine rings is 1. The van der Waals surface area contributed by atoms with Crippen molar-refractivity contribution in [2.75, 3.05) is 19.0 Å². The van der Waals surface area contributed by atoms with Crippen LogP contribution in [-0.4, -0.2) is 41.6 Å². The summed E-state index contributed by atoms with van der Waals surface area (Å²) in [4.78, 5) is 26.6. The van der Waals surface area contributed by atoms with Crippen LogP contribution in [0.2, 0.25) is 0 Å². The smallest absolute Gasteiger partial charge is 0.330 e. The molecule has 18 heavy (non-hydrogen) atoms. The summed E-state index contributed by atoms with van der Waals surface area (Å²) < 4.78 is 4.52. The molecule has 0 spiro atoms. The minimum Gasteiger partial charge on any atom is -0.467 e. The number of aliphatic hydroxyl groups is 1. The van der Waals surface area contributed by atoms with Crippen molar-refractivity contribution in [1.82, 2.24) is 4.98 Å². The summed E-state index contributed by atoms with van der Waals surface area (Å²) in [6.45, 7) is 1.37. The maximum Gasteiger partial charge on any atom is 0.330 e. The summed E-state index contributed by atoms with van der Waals surface area (Å²) in [6.07, 6.45) is 1.83. The van der Waals surface area contributed by atoms with Crippen LogP contribution in [0.5, 0.6) is 0 Å². The number of carbonyl (C=O) groups excluding carboxylic acids is 2. The van der Waals surface area contributed by atoms with Gasteiger partial charge in [0.05, 0.1) is 25.6 Å². The van der Waals surface area contributed by atoms with E-state index in [4.69, 9.17) is 5.11 Å². The highest BCUT2D eigenvalue weighted by atomic mass is 16.5. The van der Waals surface area contributed by atoms with E-state index in [1.165, 1.54) is 13.3 Å². The summed E-state index contributed by atoms with van der Waals surface area (Å²) in [5.41, 5.74) is 0.911. The van der Waals surface area contributed by atoms with E-state index in [2.05, 4.69) is 15.0 Å². The molecule has 0 aliphatic carbocycles. The highest BCUT2D eigenvalue weighted by Crippen LogP contribution is 2.09. The monoisotopic (exact) mass is 252 g/mol. The molecule has 1 aromatic rings. The predicted molar refractivity (Wildman–Crippen MR) is 65.4 cm³/mol. The second-order valence-electron chi connectivity index (χ2n) is 3.61. The number of nitrogens with zero attached hydrogens (tertiary/aromatic N) is 1. The molecule has 1 unspecified atom stereocenters. The quantitative estimate of drug-likeness (QED) is 0.570. The van der Waals surface area contributed by atoms with Gasteiger partial charge in [-0.1, -0.05) is 6.92 Å². The number of rotatable bonds is 6. The molecule has 0 fully saturated rings. The van der Waals surface area contributed by atoms with E-state index >= 15 is 0 Å². The molecule has 0 aliphatic heterocycles. The van der Waals surface area contributed by atoms with Gasteiger partial charge in [0.25, 0.3) is 0 Å². The van der Waals surface area contributed by atoms with E-state index in [0.29, 0.717) is 17.8 Å². The van der Waals surface area contributed by atoms with Crippen molar-refractivity contribution in [3.8, 4) is 0 Å². The molecule has 0 radical (unpaired) electrons. The van der Waals surface area contributed by atoms with Gasteiger partial charge in [0.1, 0.15) is 11.7 Å². The number of esters is 1. The number of ether oxygens (including phenoxy) is 1. The maximum absolute atomic E-state index is 11.4. The van der Waals surface area contributed by atoms with Crippen LogP contribution in [0.25, 0.3) is 0 Å². The van der Waals surface area contributed by atoms with Gasteiger partial charge in [-0.15, -0.1) is 0 Å². The first kappa shape index (κ1) is 14.1. The number of methoxy groups -OCH3 is 1. The third-order valence-corrected chi connectivity index (χ3v) is 2.38. The predicted octanol–water partition coefficient (Wildman–Crippen LogP) is 0.620. The van der Waals surface area contributed by atoms with Crippen LogP contribution in [0.3, 0.4) is 0 Å². The topological polar surface area (TPSA) is 88.5 Å². The van der Waals surface area contributed by atoms with E-state index in [1.807, 2.05) is 0 Å². The third kappa shape index (κ3) is 3.53. The molecular formula is C12H16N2O4. The van der Waals surface area contributed by atoms with Crippen LogP contribution in [0.1, 0.15) is 23.8 Å². The van der Waals surface area contributed by atoms with E-state index in [9.17, 15) is 9.59 Å². The average molecular weight is 252 g/mol. The first-order chi connectivity index (χ1) is 8.62. The second kappa shape index (κ2) is 6.70. The van der Waals surface area contributed by atoms with Gasteiger partial charge in [-0.25, -0.2) is 4.79 Å². The summed E-state index contributed by atoms with van der Waals surface area (Å²) in [5, 5.41) is 11.8. The van der Waals surface area contributed by atoms with Crippen molar-refractivity contribution in [3.05, 3.63) is 24.0 Å². The molecule has 6 heteroatoms. The molecule has 0 saturated heterocycles. The zero-order valence-electron chi connectivity index (χ0n) is 10.3. The normalized spacial score (nSPS) is 11.7. The molecule has 0 saturated carbocycles. The van der Waals surface area contributed by atoms with Gasteiger partial charge in [-0.2, -0.15) is 0 Å². The lowest BCUT2D eigenvalue weighted by atomic mass is 10.2.